The molecule has 0 unspecified atom stereocenters. The summed E-state index contributed by atoms with van der Waals surface area (Å²) in [7, 11) is 0. The summed E-state index contributed by atoms with van der Waals surface area (Å²) < 4.78 is 14.2. The van der Waals surface area contributed by atoms with Crippen molar-refractivity contribution in [2.24, 2.45) is 0 Å². The van der Waals surface area contributed by atoms with E-state index in [1.165, 1.54) is 6.07 Å². The lowest BCUT2D eigenvalue weighted by molar-refractivity contribution is 0.160. The van der Waals surface area contributed by atoms with Crippen LogP contribution in [-0.4, -0.2) is 31.1 Å². The van der Waals surface area contributed by atoms with Gasteiger partial charge < -0.3 is 5.32 Å². The van der Waals surface area contributed by atoms with E-state index >= 15 is 0 Å². The molecule has 1 fully saturated rings. The van der Waals surface area contributed by atoms with Crippen LogP contribution in [0.5, 0.6) is 0 Å². The Bertz CT molecular complexity index is 392. The molecule has 1 heterocycles. The van der Waals surface area contributed by atoms with Gasteiger partial charge in [0.25, 0.3) is 0 Å². The first-order chi connectivity index (χ1) is 9.24. The predicted molar refractivity (Wildman–Crippen MR) is 92.6 cm³/mol. The molecule has 0 amide bonds. The molecule has 122 valence electrons. The molecule has 0 bridgehead atoms. The SMILES string of the molecule is CCCC[C@H](c1c(F)cccc1Cl)N1CCNCC1.Cl.Cl. The van der Waals surface area contributed by atoms with Crippen molar-refractivity contribution in [3.8, 4) is 0 Å². The Morgan fingerprint density at radius 2 is 1.95 bits per heavy atom. The predicted octanol–water partition coefficient (Wildman–Crippen LogP) is 4.46. The first-order valence-corrected chi connectivity index (χ1v) is 7.50. The van der Waals surface area contributed by atoms with Crippen LogP contribution >= 0.6 is 36.4 Å². The average Bonchev–Trinajstić information content (AvgIpc) is 2.43. The Hall–Kier alpha value is -0.0600. The van der Waals surface area contributed by atoms with Gasteiger partial charge >= 0.3 is 0 Å². The lowest BCUT2D eigenvalue weighted by atomic mass is 9.98. The van der Waals surface area contributed by atoms with E-state index in [0.29, 0.717) is 10.6 Å². The van der Waals surface area contributed by atoms with E-state index < -0.39 is 0 Å². The summed E-state index contributed by atoms with van der Waals surface area (Å²) >= 11 is 6.24. The number of piperazine rings is 1. The van der Waals surface area contributed by atoms with Crippen molar-refractivity contribution < 1.29 is 4.39 Å². The summed E-state index contributed by atoms with van der Waals surface area (Å²) in [6.07, 6.45) is 3.19. The van der Waals surface area contributed by atoms with Crippen molar-refractivity contribution in [3.05, 3.63) is 34.6 Å². The van der Waals surface area contributed by atoms with Crippen LogP contribution in [0.4, 0.5) is 4.39 Å². The highest BCUT2D eigenvalue weighted by atomic mass is 35.5. The van der Waals surface area contributed by atoms with Gasteiger partial charge in [0.15, 0.2) is 0 Å². The van der Waals surface area contributed by atoms with Crippen molar-refractivity contribution in [2.45, 2.75) is 32.2 Å². The van der Waals surface area contributed by atoms with E-state index in [1.54, 1.807) is 12.1 Å². The van der Waals surface area contributed by atoms with E-state index in [4.69, 9.17) is 11.6 Å². The Morgan fingerprint density at radius 3 is 2.52 bits per heavy atom. The normalized spacial score (nSPS) is 16.7. The number of halogens is 4. The van der Waals surface area contributed by atoms with E-state index in [2.05, 4.69) is 17.1 Å². The third-order valence-corrected chi connectivity index (χ3v) is 4.09. The second kappa shape index (κ2) is 10.6. The van der Waals surface area contributed by atoms with Crippen LogP contribution in [0, 0.1) is 5.82 Å². The van der Waals surface area contributed by atoms with Crippen LogP contribution in [0.1, 0.15) is 37.8 Å². The van der Waals surface area contributed by atoms with Crippen LogP contribution in [-0.2, 0) is 0 Å². The largest absolute Gasteiger partial charge is 0.314 e. The van der Waals surface area contributed by atoms with Gasteiger partial charge in [0, 0.05) is 42.8 Å². The highest BCUT2D eigenvalue weighted by Gasteiger charge is 2.25. The van der Waals surface area contributed by atoms with Gasteiger partial charge in [0.2, 0.25) is 0 Å². The molecular formula is C15H24Cl3FN2. The second-order valence-electron chi connectivity index (χ2n) is 5.08. The van der Waals surface area contributed by atoms with Gasteiger partial charge in [0.1, 0.15) is 5.82 Å². The Labute approximate surface area is 144 Å². The molecule has 2 nitrogen and oxygen atoms in total. The quantitative estimate of drug-likeness (QED) is 0.837. The van der Waals surface area contributed by atoms with E-state index in [0.717, 1.165) is 45.4 Å². The number of hydrogen-bond donors (Lipinski definition) is 1. The molecule has 0 saturated carbocycles. The third kappa shape index (κ3) is 5.57. The van der Waals surface area contributed by atoms with E-state index in [-0.39, 0.29) is 36.7 Å². The molecule has 1 aliphatic heterocycles. The molecule has 0 aliphatic carbocycles. The molecule has 0 spiro atoms. The molecule has 1 N–H and O–H groups in total. The third-order valence-electron chi connectivity index (χ3n) is 3.76. The van der Waals surface area contributed by atoms with Crippen molar-refractivity contribution in [1.82, 2.24) is 10.2 Å². The van der Waals surface area contributed by atoms with E-state index in [1.807, 2.05) is 0 Å². The summed E-state index contributed by atoms with van der Waals surface area (Å²) in [5.74, 6) is -0.174. The maximum Gasteiger partial charge on any atom is 0.129 e. The number of unbranched alkanes of at least 4 members (excludes halogenated alkanes) is 1. The van der Waals surface area contributed by atoms with Crippen LogP contribution in [0.3, 0.4) is 0 Å². The zero-order chi connectivity index (χ0) is 13.7. The van der Waals surface area contributed by atoms with Crippen molar-refractivity contribution in [1.29, 1.82) is 0 Å². The maximum atomic E-state index is 14.2. The van der Waals surface area contributed by atoms with E-state index in [9.17, 15) is 4.39 Å². The molecule has 1 aromatic carbocycles. The lowest BCUT2D eigenvalue weighted by Crippen LogP contribution is -2.45. The highest BCUT2D eigenvalue weighted by molar-refractivity contribution is 6.31. The van der Waals surface area contributed by atoms with Gasteiger partial charge in [0.05, 0.1) is 0 Å². The van der Waals surface area contributed by atoms with Crippen molar-refractivity contribution in [2.75, 3.05) is 26.2 Å². The van der Waals surface area contributed by atoms with Crippen LogP contribution in [0.15, 0.2) is 18.2 Å². The lowest BCUT2D eigenvalue weighted by Gasteiger charge is -2.35. The van der Waals surface area contributed by atoms with Crippen LogP contribution < -0.4 is 5.32 Å². The van der Waals surface area contributed by atoms with Gasteiger partial charge in [-0.25, -0.2) is 4.39 Å². The number of nitrogens with zero attached hydrogens (tertiary/aromatic N) is 1. The minimum absolute atomic E-state index is 0. The Morgan fingerprint density at radius 1 is 1.29 bits per heavy atom. The Kier molecular flexibility index (Phi) is 10.6. The molecule has 2 rings (SSSR count). The Balaban J connectivity index is 0.00000200. The van der Waals surface area contributed by atoms with Gasteiger partial charge in [-0.2, -0.15) is 0 Å². The van der Waals surface area contributed by atoms with Crippen molar-refractivity contribution in [3.63, 3.8) is 0 Å². The number of benzene rings is 1. The van der Waals surface area contributed by atoms with Gasteiger partial charge in [-0.05, 0) is 18.6 Å². The fourth-order valence-corrected chi connectivity index (χ4v) is 3.02. The number of nitrogens with one attached hydrogen (secondary N) is 1. The molecule has 1 aromatic rings. The van der Waals surface area contributed by atoms with Crippen LogP contribution in [0.25, 0.3) is 0 Å². The smallest absolute Gasteiger partial charge is 0.129 e. The fraction of sp³-hybridized carbons (Fsp3) is 0.600. The molecule has 1 saturated heterocycles. The molecule has 0 radical (unpaired) electrons. The summed E-state index contributed by atoms with van der Waals surface area (Å²) in [5, 5.41) is 3.89. The zero-order valence-corrected chi connectivity index (χ0v) is 14.7. The van der Waals surface area contributed by atoms with Gasteiger partial charge in [-0.3, -0.25) is 4.90 Å². The summed E-state index contributed by atoms with van der Waals surface area (Å²) in [6, 6.07) is 5.09. The zero-order valence-electron chi connectivity index (χ0n) is 12.3. The molecule has 0 aromatic heterocycles. The summed E-state index contributed by atoms with van der Waals surface area (Å²) in [5.41, 5.74) is 0.680. The molecule has 21 heavy (non-hydrogen) atoms. The molecular weight excluding hydrogens is 334 g/mol. The molecule has 1 aliphatic rings. The highest BCUT2D eigenvalue weighted by Crippen LogP contribution is 2.33. The van der Waals surface area contributed by atoms with Gasteiger partial charge in [-0.1, -0.05) is 37.4 Å². The topological polar surface area (TPSA) is 15.3 Å². The monoisotopic (exact) mass is 356 g/mol. The maximum absolute atomic E-state index is 14.2. The number of rotatable bonds is 5. The van der Waals surface area contributed by atoms with Gasteiger partial charge in [-0.15, -0.1) is 24.8 Å². The standard InChI is InChI=1S/C15H22ClFN2.2ClH/c1-2-3-7-14(19-10-8-18-9-11-19)15-12(16)5-4-6-13(15)17;;/h4-6,14,18H,2-3,7-11H2,1H3;2*1H/t14-;;/m1../s1. The minimum Gasteiger partial charge on any atom is -0.314 e. The first-order valence-electron chi connectivity index (χ1n) is 7.12. The van der Waals surface area contributed by atoms with Crippen molar-refractivity contribution >= 4 is 36.4 Å². The first kappa shape index (κ1) is 20.9. The second-order valence-corrected chi connectivity index (χ2v) is 5.49. The van der Waals surface area contributed by atoms with Crippen LogP contribution in [0.2, 0.25) is 5.02 Å². The number of hydrogen-bond acceptors (Lipinski definition) is 2. The summed E-state index contributed by atoms with van der Waals surface area (Å²) in [4.78, 5) is 2.36. The minimum atomic E-state index is -0.174. The fourth-order valence-electron chi connectivity index (χ4n) is 2.73. The average molecular weight is 358 g/mol. The molecule has 1 atom stereocenters. The molecule has 6 heteroatoms. The summed E-state index contributed by atoms with van der Waals surface area (Å²) in [6.45, 7) is 6.01.